The summed E-state index contributed by atoms with van der Waals surface area (Å²) in [6.45, 7) is 12.7. The van der Waals surface area contributed by atoms with Crippen molar-refractivity contribution in [1.82, 2.24) is 5.32 Å². The minimum atomic E-state index is -1.30. The molecule has 15 heavy (non-hydrogen) atoms. The van der Waals surface area contributed by atoms with Crippen LogP contribution in [0.2, 0.25) is 25.7 Å². The molecule has 0 atom stereocenters. The van der Waals surface area contributed by atoms with Gasteiger partial charge in [0.2, 0.25) is 5.91 Å². The van der Waals surface area contributed by atoms with E-state index in [1.165, 1.54) is 0 Å². The minimum Gasteiger partial charge on any atom is -0.461 e. The lowest BCUT2D eigenvalue weighted by molar-refractivity contribution is -0.117. The number of nitrogens with one attached hydrogen (secondary N) is 1. The first-order valence-electron chi connectivity index (χ1n) is 5.40. The predicted octanol–water partition coefficient (Wildman–Crippen LogP) is 1.42. The zero-order valence-corrected chi connectivity index (χ0v) is 12.8. The van der Waals surface area contributed by atoms with Crippen LogP contribution in [0, 0.1) is 0 Å². The van der Waals surface area contributed by atoms with E-state index < -0.39 is 8.32 Å². The number of hydrogen-bond donors (Lipinski definition) is 1. The van der Waals surface area contributed by atoms with Gasteiger partial charge in [-0.3, -0.25) is 4.79 Å². The van der Waals surface area contributed by atoms with Crippen LogP contribution in [0.1, 0.15) is 13.3 Å². The Labute approximate surface area is 96.4 Å². The largest absolute Gasteiger partial charge is 0.461 e. The van der Waals surface area contributed by atoms with Gasteiger partial charge in [0.1, 0.15) is 9.76 Å². The molecule has 0 rings (SSSR count). The Hall–Kier alpha value is -0.396. The lowest BCUT2D eigenvalue weighted by atomic mass is 10.3. The monoisotopic (exact) mass is 245 g/mol. The molecule has 0 aromatic carbocycles. The first-order chi connectivity index (χ1) is 6.83. The molecule has 3 nitrogen and oxygen atoms in total. The molecule has 0 bridgehead atoms. The van der Waals surface area contributed by atoms with Crippen LogP contribution in [-0.2, 0) is 8.91 Å². The lowest BCUT2D eigenvalue weighted by Gasteiger charge is -2.17. The summed E-state index contributed by atoms with van der Waals surface area (Å²) in [5, 5.41) is 2.82. The van der Waals surface area contributed by atoms with Gasteiger partial charge in [0.15, 0.2) is 8.32 Å². The second-order valence-electron chi connectivity index (χ2n) is 4.70. The maximum Gasteiger partial charge on any atom is 0.246 e. The molecule has 1 N–H and O–H groups in total. The van der Waals surface area contributed by atoms with Gasteiger partial charge in [0.05, 0.1) is 0 Å². The predicted molar refractivity (Wildman–Crippen MR) is 70.2 cm³/mol. The number of carbonyl (C=O) groups excluding carboxylic acids is 1. The van der Waals surface area contributed by atoms with E-state index in [4.69, 9.17) is 4.12 Å². The highest BCUT2D eigenvalue weighted by molar-refractivity contribution is 6.73. The average molecular weight is 245 g/mol. The fourth-order valence-corrected chi connectivity index (χ4v) is 4.44. The normalized spacial score (nSPS) is 12.0. The van der Waals surface area contributed by atoms with Gasteiger partial charge in [0.25, 0.3) is 0 Å². The van der Waals surface area contributed by atoms with Crippen LogP contribution in [-0.4, -0.2) is 30.5 Å². The Morgan fingerprint density at radius 1 is 1.47 bits per heavy atom. The molecule has 0 aromatic rings. The van der Waals surface area contributed by atoms with Gasteiger partial charge in [-0.05, 0) is 39.0 Å². The quantitative estimate of drug-likeness (QED) is 0.418. The molecular weight excluding hydrogens is 222 g/mol. The smallest absolute Gasteiger partial charge is 0.246 e. The summed E-state index contributed by atoms with van der Waals surface area (Å²) in [5.41, 5.74) is 0.575. The first kappa shape index (κ1) is 14.6. The van der Waals surface area contributed by atoms with E-state index in [0.29, 0.717) is 5.57 Å². The van der Waals surface area contributed by atoms with Crippen LogP contribution in [0.25, 0.3) is 0 Å². The standard InChI is InChI=1S/C10H23NO2Si2/c1-9(2)10(12)11-7-6-8-14-13-15(3,4)5/h1,6-8,14H2,2-5H3,(H,11,12). The number of hydrogen-bond acceptors (Lipinski definition) is 2. The Balaban J connectivity index is 3.33. The van der Waals surface area contributed by atoms with E-state index in [2.05, 4.69) is 31.5 Å². The molecule has 0 aliphatic carbocycles. The molecule has 0 unspecified atom stereocenters. The molecule has 1 amide bonds. The molecule has 0 aliphatic heterocycles. The highest BCUT2D eigenvalue weighted by Crippen LogP contribution is 2.02. The Kier molecular flexibility index (Phi) is 6.79. The molecule has 0 aromatic heterocycles. The van der Waals surface area contributed by atoms with Crippen LogP contribution in [0.3, 0.4) is 0 Å². The third-order valence-corrected chi connectivity index (χ3v) is 6.85. The summed E-state index contributed by atoms with van der Waals surface area (Å²) in [4.78, 5) is 11.1. The van der Waals surface area contributed by atoms with E-state index in [1.54, 1.807) is 6.92 Å². The van der Waals surface area contributed by atoms with Crippen LogP contribution < -0.4 is 5.32 Å². The van der Waals surface area contributed by atoms with Crippen molar-refractivity contribution >= 4 is 24.0 Å². The van der Waals surface area contributed by atoms with Crippen molar-refractivity contribution in [2.45, 2.75) is 39.0 Å². The fourth-order valence-electron chi connectivity index (χ4n) is 0.958. The second-order valence-corrected chi connectivity index (χ2v) is 11.2. The van der Waals surface area contributed by atoms with Crippen molar-refractivity contribution in [3.8, 4) is 0 Å². The maximum absolute atomic E-state index is 11.1. The van der Waals surface area contributed by atoms with Crippen LogP contribution >= 0.6 is 0 Å². The summed E-state index contributed by atoms with van der Waals surface area (Å²) in [6.07, 6.45) is 1.02. The third-order valence-electron chi connectivity index (χ3n) is 1.78. The second kappa shape index (κ2) is 6.97. The third kappa shape index (κ3) is 9.90. The van der Waals surface area contributed by atoms with E-state index in [0.717, 1.165) is 19.0 Å². The summed E-state index contributed by atoms with van der Waals surface area (Å²) in [7, 11) is -1.67. The fraction of sp³-hybridized carbons (Fsp3) is 0.700. The molecule has 0 saturated carbocycles. The number of carbonyl (C=O) groups is 1. The minimum absolute atomic E-state index is 0.0391. The molecule has 0 spiro atoms. The number of amides is 1. The van der Waals surface area contributed by atoms with Crippen molar-refractivity contribution in [3.63, 3.8) is 0 Å². The van der Waals surface area contributed by atoms with Crippen molar-refractivity contribution in [2.75, 3.05) is 6.54 Å². The van der Waals surface area contributed by atoms with Crippen LogP contribution in [0.15, 0.2) is 12.2 Å². The van der Waals surface area contributed by atoms with Crippen molar-refractivity contribution < 1.29 is 8.91 Å². The molecule has 0 fully saturated rings. The van der Waals surface area contributed by atoms with Crippen molar-refractivity contribution in [1.29, 1.82) is 0 Å². The summed E-state index contributed by atoms with van der Waals surface area (Å²) in [6, 6.07) is 1.14. The lowest BCUT2D eigenvalue weighted by Crippen LogP contribution is -2.28. The zero-order valence-electron chi connectivity index (χ0n) is 10.4. The summed E-state index contributed by atoms with van der Waals surface area (Å²) < 4.78 is 5.83. The van der Waals surface area contributed by atoms with E-state index in [1.807, 2.05) is 0 Å². The summed E-state index contributed by atoms with van der Waals surface area (Å²) >= 11 is 0. The Bertz CT molecular complexity index is 224. The highest BCUT2D eigenvalue weighted by atomic mass is 28.4. The molecule has 5 heteroatoms. The van der Waals surface area contributed by atoms with Crippen LogP contribution in [0.4, 0.5) is 0 Å². The topological polar surface area (TPSA) is 38.3 Å². The average Bonchev–Trinajstić information content (AvgIpc) is 2.08. The van der Waals surface area contributed by atoms with Gasteiger partial charge in [-0.25, -0.2) is 0 Å². The Morgan fingerprint density at radius 3 is 2.53 bits per heavy atom. The molecular formula is C10H23NO2Si2. The van der Waals surface area contributed by atoms with Crippen molar-refractivity contribution in [2.24, 2.45) is 0 Å². The summed E-state index contributed by atoms with van der Waals surface area (Å²) in [5.74, 6) is -0.0391. The number of rotatable bonds is 7. The van der Waals surface area contributed by atoms with E-state index in [9.17, 15) is 4.79 Å². The molecule has 0 saturated heterocycles. The van der Waals surface area contributed by atoms with Gasteiger partial charge in [-0.15, -0.1) is 0 Å². The molecule has 0 aliphatic rings. The van der Waals surface area contributed by atoms with Gasteiger partial charge >= 0.3 is 0 Å². The van der Waals surface area contributed by atoms with Gasteiger partial charge in [-0.2, -0.15) is 0 Å². The van der Waals surface area contributed by atoms with E-state index in [-0.39, 0.29) is 15.7 Å². The van der Waals surface area contributed by atoms with Gasteiger partial charge in [0, 0.05) is 12.1 Å². The molecule has 0 radical (unpaired) electrons. The van der Waals surface area contributed by atoms with Gasteiger partial charge in [-0.1, -0.05) is 6.58 Å². The van der Waals surface area contributed by atoms with Crippen molar-refractivity contribution in [3.05, 3.63) is 12.2 Å². The van der Waals surface area contributed by atoms with E-state index >= 15 is 0 Å². The van der Waals surface area contributed by atoms with Gasteiger partial charge < -0.3 is 9.43 Å². The highest BCUT2D eigenvalue weighted by Gasteiger charge is 2.12. The SMILES string of the molecule is C=C(C)C(=O)NCCC[SiH2]O[Si](C)(C)C. The first-order valence-corrected chi connectivity index (χ1v) is 10.4. The molecule has 0 heterocycles. The zero-order chi connectivity index (χ0) is 11.9. The molecule has 88 valence electrons. The van der Waals surface area contributed by atoms with Crippen LogP contribution in [0.5, 0.6) is 0 Å². The Morgan fingerprint density at radius 2 is 2.07 bits per heavy atom. The maximum atomic E-state index is 11.1.